The largest absolute Gasteiger partial charge is 0.304 e. The zero-order chi connectivity index (χ0) is 8.15. The van der Waals surface area contributed by atoms with Gasteiger partial charge >= 0.3 is 0 Å². The summed E-state index contributed by atoms with van der Waals surface area (Å²) >= 11 is 4.03. The lowest BCUT2D eigenvalue weighted by Gasteiger charge is -2.15. The van der Waals surface area contributed by atoms with Gasteiger partial charge in [-0.1, -0.05) is 23.1 Å². The summed E-state index contributed by atoms with van der Waals surface area (Å²) in [4.78, 5) is 10.8. The van der Waals surface area contributed by atoms with Crippen LogP contribution in [0.4, 0.5) is 0 Å². The minimum atomic E-state index is -0.117. The van der Waals surface area contributed by atoms with E-state index in [4.69, 9.17) is 0 Å². The van der Waals surface area contributed by atoms with Crippen LogP contribution in [0.15, 0.2) is 0 Å². The normalized spacial score (nSPS) is 13.7. The van der Waals surface area contributed by atoms with Crippen molar-refractivity contribution in [2.75, 3.05) is 5.75 Å². The van der Waals surface area contributed by atoms with Gasteiger partial charge in [0.25, 0.3) is 0 Å². The van der Waals surface area contributed by atoms with Crippen molar-refractivity contribution in [3.05, 3.63) is 0 Å². The summed E-state index contributed by atoms with van der Waals surface area (Å²) in [7, 11) is 2.16. The molecule has 0 spiro atoms. The van der Waals surface area contributed by atoms with Crippen LogP contribution in [0.2, 0.25) is 0 Å². The molecule has 2 unspecified atom stereocenters. The Labute approximate surface area is 69.8 Å². The molecule has 0 rings (SSSR count). The molecule has 0 aromatic carbocycles. The number of hydrogen-bond acceptors (Lipinski definition) is 3. The minimum Gasteiger partial charge on any atom is -0.304 e. The van der Waals surface area contributed by atoms with Crippen LogP contribution < -0.4 is 5.32 Å². The summed E-state index contributed by atoms with van der Waals surface area (Å²) in [5.41, 5.74) is 0.0729. The van der Waals surface area contributed by atoms with Crippen molar-refractivity contribution in [2.45, 2.75) is 25.9 Å². The fraction of sp³-hybridized carbons (Fsp3) is 0.833. The summed E-state index contributed by atoms with van der Waals surface area (Å²) < 4.78 is 0. The lowest BCUT2D eigenvalue weighted by Crippen LogP contribution is -2.40. The van der Waals surface area contributed by atoms with E-state index in [9.17, 15) is 4.79 Å². The number of rotatable bonds is 4. The smallest absolute Gasteiger partial charge is 0.165 e. The Morgan fingerprint density at radius 3 is 2.30 bits per heavy atom. The maximum Gasteiger partial charge on any atom is 0.165 e. The Kier molecular flexibility index (Phi) is 5.32. The van der Waals surface area contributed by atoms with Crippen LogP contribution >= 0.6 is 21.9 Å². The van der Waals surface area contributed by atoms with Crippen molar-refractivity contribution in [3.8, 4) is 0 Å². The summed E-state index contributed by atoms with van der Waals surface area (Å²) in [5, 5.41) is 3.08. The van der Waals surface area contributed by atoms with E-state index in [1.54, 1.807) is 0 Å². The lowest BCUT2D eigenvalue weighted by atomic mass is 10.3. The quantitative estimate of drug-likeness (QED) is 0.491. The lowest BCUT2D eigenvalue weighted by molar-refractivity contribution is -0.112. The second-order valence-corrected chi connectivity index (χ2v) is 3.39. The number of nitrogens with one attached hydrogen (secondary N) is 1. The van der Waals surface area contributed by atoms with E-state index in [0.29, 0.717) is 11.8 Å². The Hall–Kier alpha value is 0.410. The van der Waals surface area contributed by atoms with Crippen molar-refractivity contribution >= 4 is 27.4 Å². The highest BCUT2D eigenvalue weighted by atomic mass is 32.1. The highest BCUT2D eigenvalue weighted by Crippen LogP contribution is 1.98. The molecule has 0 aliphatic rings. The Morgan fingerprint density at radius 2 is 2.20 bits per heavy atom. The third-order valence-corrected chi connectivity index (χ3v) is 1.83. The van der Waals surface area contributed by atoms with E-state index in [2.05, 4.69) is 27.2 Å². The van der Waals surface area contributed by atoms with Crippen LogP contribution in [-0.2, 0) is 4.79 Å². The molecule has 0 aliphatic carbocycles. The first-order chi connectivity index (χ1) is 4.57. The molecule has 0 aromatic rings. The van der Waals surface area contributed by atoms with Gasteiger partial charge in [0, 0.05) is 11.8 Å². The van der Waals surface area contributed by atoms with Gasteiger partial charge in [-0.2, -0.15) is 12.6 Å². The van der Waals surface area contributed by atoms with Crippen molar-refractivity contribution in [1.82, 2.24) is 5.32 Å². The van der Waals surface area contributed by atoms with Crippen LogP contribution in [0.5, 0.6) is 0 Å². The molecule has 0 aliphatic heterocycles. The average Bonchev–Trinajstić information content (AvgIpc) is 1.81. The average molecular weight is 179 g/mol. The first-order valence-corrected chi connectivity index (χ1v) is 4.45. The van der Waals surface area contributed by atoms with E-state index in [1.807, 2.05) is 13.8 Å². The van der Waals surface area contributed by atoms with Gasteiger partial charge in [-0.25, -0.2) is 0 Å². The van der Waals surface area contributed by atoms with Crippen LogP contribution in [0, 0.1) is 0 Å². The molecule has 0 saturated carbocycles. The Balaban J connectivity index is 3.72. The van der Waals surface area contributed by atoms with E-state index < -0.39 is 0 Å². The van der Waals surface area contributed by atoms with E-state index in [0.717, 1.165) is 0 Å². The van der Waals surface area contributed by atoms with E-state index in [1.165, 1.54) is 0 Å². The molecule has 2 atom stereocenters. The second kappa shape index (κ2) is 5.11. The van der Waals surface area contributed by atoms with Crippen LogP contribution in [0.3, 0.4) is 0 Å². The summed E-state index contributed by atoms with van der Waals surface area (Å²) in [6, 6.07) is 0.218. The molecular formula is C6H14NOPS. The van der Waals surface area contributed by atoms with Gasteiger partial charge in [-0.15, -0.1) is 0 Å². The fourth-order valence-electron chi connectivity index (χ4n) is 0.627. The predicted molar refractivity (Wildman–Crippen MR) is 50.6 cm³/mol. The van der Waals surface area contributed by atoms with Crippen molar-refractivity contribution < 1.29 is 4.79 Å². The van der Waals surface area contributed by atoms with Gasteiger partial charge in [-0.3, -0.25) is 4.79 Å². The molecule has 0 bridgehead atoms. The molecule has 10 heavy (non-hydrogen) atoms. The first kappa shape index (κ1) is 10.4. The van der Waals surface area contributed by atoms with Gasteiger partial charge < -0.3 is 5.32 Å². The van der Waals surface area contributed by atoms with Gasteiger partial charge in [-0.05, 0) is 0 Å². The van der Waals surface area contributed by atoms with E-state index >= 15 is 0 Å². The highest BCUT2D eigenvalue weighted by molar-refractivity contribution is 7.80. The predicted octanol–water partition coefficient (Wildman–Crippen LogP) is 0.684. The van der Waals surface area contributed by atoms with Gasteiger partial charge in [0.15, 0.2) is 5.52 Å². The molecule has 0 aromatic heterocycles. The molecule has 0 saturated heterocycles. The third-order valence-electron chi connectivity index (χ3n) is 1.06. The number of hydrogen-bond donors (Lipinski definition) is 2. The molecule has 60 valence electrons. The molecule has 0 heterocycles. The summed E-state index contributed by atoms with van der Waals surface area (Å²) in [6.07, 6.45) is 0. The van der Waals surface area contributed by atoms with Crippen molar-refractivity contribution in [2.24, 2.45) is 0 Å². The maximum absolute atomic E-state index is 10.8. The molecule has 4 heteroatoms. The van der Waals surface area contributed by atoms with Gasteiger partial charge in [0.1, 0.15) is 0 Å². The topological polar surface area (TPSA) is 29.1 Å². The molecule has 0 amide bonds. The minimum absolute atomic E-state index is 0.0729. The fourth-order valence-corrected chi connectivity index (χ4v) is 1.32. The maximum atomic E-state index is 10.8. The summed E-state index contributed by atoms with van der Waals surface area (Å²) in [6.45, 7) is 4.01. The third kappa shape index (κ3) is 4.26. The highest BCUT2D eigenvalue weighted by Gasteiger charge is 2.11. The Bertz CT molecular complexity index is 118. The molecule has 1 N–H and O–H groups in total. The number of thiol groups is 1. The monoisotopic (exact) mass is 179 g/mol. The molecule has 0 fully saturated rings. The van der Waals surface area contributed by atoms with Crippen LogP contribution in [0.25, 0.3) is 0 Å². The van der Waals surface area contributed by atoms with Crippen LogP contribution in [-0.4, -0.2) is 23.4 Å². The van der Waals surface area contributed by atoms with E-state index in [-0.39, 0.29) is 11.6 Å². The van der Waals surface area contributed by atoms with Gasteiger partial charge in [0.2, 0.25) is 0 Å². The SMILES string of the molecule is CC(C)NC(CS)C(=O)P. The standard InChI is InChI=1S/C6H14NOPS/c1-4(2)7-5(3-10)6(8)9/h4-5,7,10H,3,9H2,1-2H3. The number of carbonyl (C=O) groups excluding carboxylic acids is 1. The number of carbonyl (C=O) groups is 1. The van der Waals surface area contributed by atoms with Gasteiger partial charge in [0.05, 0.1) is 6.04 Å². The molecule has 2 nitrogen and oxygen atoms in total. The first-order valence-electron chi connectivity index (χ1n) is 3.24. The van der Waals surface area contributed by atoms with Crippen molar-refractivity contribution in [3.63, 3.8) is 0 Å². The van der Waals surface area contributed by atoms with Crippen LogP contribution in [0.1, 0.15) is 13.8 Å². The second-order valence-electron chi connectivity index (χ2n) is 2.46. The Morgan fingerprint density at radius 1 is 1.70 bits per heavy atom. The molecule has 0 radical (unpaired) electrons. The molecular weight excluding hydrogens is 165 g/mol. The van der Waals surface area contributed by atoms with Crippen molar-refractivity contribution in [1.29, 1.82) is 0 Å². The summed E-state index contributed by atoms with van der Waals surface area (Å²) in [5.74, 6) is 0.556. The zero-order valence-corrected chi connectivity index (χ0v) is 8.34. The zero-order valence-electron chi connectivity index (χ0n) is 6.29.